The molecule has 1 saturated heterocycles. The Morgan fingerprint density at radius 3 is 2.21 bits per heavy atom. The molecule has 0 saturated carbocycles. The molecule has 1 aliphatic rings. The highest BCUT2D eigenvalue weighted by Gasteiger charge is 2.51. The average molecular weight is 327 g/mol. The van der Waals surface area contributed by atoms with Gasteiger partial charge in [0, 0.05) is 12.3 Å². The molecule has 1 aromatic heterocycles. The Morgan fingerprint density at radius 1 is 1.00 bits per heavy atom. The first-order valence-electron chi connectivity index (χ1n) is 8.04. The number of hydrogen-bond donors (Lipinski definition) is 0. The minimum Gasteiger partial charge on any atom is -0.406 e. The van der Waals surface area contributed by atoms with Crippen molar-refractivity contribution in [3.05, 3.63) is 64.6 Å². The van der Waals surface area contributed by atoms with Crippen LogP contribution in [-0.2, 0) is 15.9 Å². The van der Waals surface area contributed by atoms with E-state index in [1.165, 1.54) is 10.8 Å². The van der Waals surface area contributed by atoms with Crippen molar-refractivity contribution in [1.29, 1.82) is 0 Å². The third-order valence-electron chi connectivity index (χ3n) is 4.66. The van der Waals surface area contributed by atoms with E-state index in [0.29, 0.717) is 6.61 Å². The number of aromatic nitrogens is 1. The zero-order valence-electron chi connectivity index (χ0n) is 14.5. The molecule has 0 spiro atoms. The fourth-order valence-corrected chi connectivity index (χ4v) is 2.41. The third-order valence-corrected chi connectivity index (χ3v) is 4.66. The SMILES string of the molecule is CC1(C)OB(c2ccc(COn3ccccc3=O)cc2)OC1(C)C. The van der Waals surface area contributed by atoms with Crippen LogP contribution in [0.1, 0.15) is 33.3 Å². The second-order valence-electron chi connectivity index (χ2n) is 6.97. The lowest BCUT2D eigenvalue weighted by Crippen LogP contribution is -2.41. The lowest BCUT2D eigenvalue weighted by Gasteiger charge is -2.32. The van der Waals surface area contributed by atoms with Gasteiger partial charge in [-0.2, -0.15) is 4.73 Å². The van der Waals surface area contributed by atoms with Gasteiger partial charge in [0.05, 0.1) is 11.2 Å². The van der Waals surface area contributed by atoms with Crippen LogP contribution in [0.25, 0.3) is 0 Å². The lowest BCUT2D eigenvalue weighted by atomic mass is 9.79. The summed E-state index contributed by atoms with van der Waals surface area (Å²) in [5.74, 6) is 0. The molecule has 5 nitrogen and oxygen atoms in total. The molecule has 2 heterocycles. The smallest absolute Gasteiger partial charge is 0.406 e. The summed E-state index contributed by atoms with van der Waals surface area (Å²) in [5, 5.41) is 0. The maximum atomic E-state index is 11.6. The van der Waals surface area contributed by atoms with Crippen LogP contribution in [0.2, 0.25) is 0 Å². The number of pyridine rings is 1. The summed E-state index contributed by atoms with van der Waals surface area (Å²) >= 11 is 0. The standard InChI is InChI=1S/C18H22BNO4/c1-17(2)18(3,4)24-19(23-17)15-10-8-14(9-11-15)13-22-20-12-6-5-7-16(20)21/h5-12H,13H2,1-4H3. The van der Waals surface area contributed by atoms with Gasteiger partial charge in [-0.25, -0.2) is 0 Å². The number of nitrogens with zero attached hydrogens (tertiary/aromatic N) is 1. The molecule has 126 valence electrons. The molecule has 6 heteroatoms. The summed E-state index contributed by atoms with van der Waals surface area (Å²) < 4.78 is 13.3. The molecule has 1 aromatic carbocycles. The molecule has 0 radical (unpaired) electrons. The molecular weight excluding hydrogens is 305 g/mol. The van der Waals surface area contributed by atoms with Gasteiger partial charge in [0.2, 0.25) is 0 Å². The Kier molecular flexibility index (Phi) is 4.28. The van der Waals surface area contributed by atoms with Gasteiger partial charge in [-0.1, -0.05) is 30.3 Å². The molecule has 3 rings (SSSR count). The van der Waals surface area contributed by atoms with Gasteiger partial charge in [0.15, 0.2) is 0 Å². The highest BCUT2D eigenvalue weighted by Crippen LogP contribution is 2.36. The van der Waals surface area contributed by atoms with Crippen molar-refractivity contribution < 1.29 is 14.1 Å². The van der Waals surface area contributed by atoms with Crippen LogP contribution in [0.3, 0.4) is 0 Å². The molecule has 0 amide bonds. The van der Waals surface area contributed by atoms with E-state index in [9.17, 15) is 4.79 Å². The topological polar surface area (TPSA) is 49.7 Å². The molecule has 2 aromatic rings. The van der Waals surface area contributed by atoms with E-state index in [4.69, 9.17) is 14.1 Å². The van der Waals surface area contributed by atoms with E-state index < -0.39 is 0 Å². The summed E-state index contributed by atoms with van der Waals surface area (Å²) in [6.07, 6.45) is 1.60. The van der Waals surface area contributed by atoms with Crippen molar-refractivity contribution in [2.75, 3.05) is 0 Å². The largest absolute Gasteiger partial charge is 0.494 e. The van der Waals surface area contributed by atoms with Crippen molar-refractivity contribution in [1.82, 2.24) is 4.73 Å². The van der Waals surface area contributed by atoms with Gasteiger partial charge in [0.25, 0.3) is 5.56 Å². The summed E-state index contributed by atoms with van der Waals surface area (Å²) in [6.45, 7) is 8.45. The van der Waals surface area contributed by atoms with E-state index in [1.54, 1.807) is 18.3 Å². The summed E-state index contributed by atoms with van der Waals surface area (Å²) in [7, 11) is -0.373. The normalized spacial score (nSPS) is 18.6. The minimum absolute atomic E-state index is 0.189. The highest BCUT2D eigenvalue weighted by molar-refractivity contribution is 6.62. The molecular formula is C18H22BNO4. The molecule has 0 N–H and O–H groups in total. The zero-order valence-corrected chi connectivity index (χ0v) is 14.5. The molecule has 0 unspecified atom stereocenters. The minimum atomic E-state index is -0.373. The first kappa shape index (κ1) is 16.8. The molecule has 24 heavy (non-hydrogen) atoms. The second-order valence-corrected chi connectivity index (χ2v) is 6.97. The van der Waals surface area contributed by atoms with Crippen molar-refractivity contribution in [2.45, 2.75) is 45.5 Å². The number of hydrogen-bond acceptors (Lipinski definition) is 4. The molecule has 0 bridgehead atoms. The molecule has 1 aliphatic heterocycles. The Balaban J connectivity index is 1.66. The second kappa shape index (κ2) is 6.11. The fraction of sp³-hybridized carbons (Fsp3) is 0.389. The quantitative estimate of drug-likeness (QED) is 0.803. The van der Waals surface area contributed by atoms with E-state index >= 15 is 0 Å². The monoisotopic (exact) mass is 327 g/mol. The van der Waals surface area contributed by atoms with Gasteiger partial charge in [0.1, 0.15) is 6.61 Å². The number of benzene rings is 1. The summed E-state index contributed by atoms with van der Waals surface area (Å²) in [5.41, 5.74) is 1.04. The Labute approximate surface area is 142 Å². The van der Waals surface area contributed by atoms with Crippen molar-refractivity contribution in [3.63, 3.8) is 0 Å². The fourth-order valence-electron chi connectivity index (χ4n) is 2.41. The van der Waals surface area contributed by atoms with E-state index in [-0.39, 0.29) is 23.9 Å². The lowest BCUT2D eigenvalue weighted by molar-refractivity contribution is 0.00578. The van der Waals surface area contributed by atoms with Gasteiger partial charge in [-0.05, 0) is 44.8 Å². The summed E-state index contributed by atoms with van der Waals surface area (Å²) in [6, 6.07) is 12.7. The van der Waals surface area contributed by atoms with Gasteiger partial charge in [-0.15, -0.1) is 0 Å². The van der Waals surface area contributed by atoms with Gasteiger partial charge >= 0.3 is 7.12 Å². The average Bonchev–Trinajstić information content (AvgIpc) is 2.75. The molecule has 1 fully saturated rings. The van der Waals surface area contributed by atoms with E-state index in [1.807, 2.05) is 52.0 Å². The zero-order chi connectivity index (χ0) is 17.4. The van der Waals surface area contributed by atoms with Crippen LogP contribution in [0.4, 0.5) is 0 Å². The van der Waals surface area contributed by atoms with Gasteiger partial charge in [-0.3, -0.25) is 4.79 Å². The van der Waals surface area contributed by atoms with Crippen LogP contribution in [-0.4, -0.2) is 23.1 Å². The Hall–Kier alpha value is -2.05. The van der Waals surface area contributed by atoms with Crippen molar-refractivity contribution >= 4 is 12.6 Å². The van der Waals surface area contributed by atoms with Gasteiger partial charge < -0.3 is 14.1 Å². The number of rotatable bonds is 4. The van der Waals surface area contributed by atoms with E-state index in [0.717, 1.165) is 11.0 Å². The predicted molar refractivity (Wildman–Crippen MR) is 93.1 cm³/mol. The maximum Gasteiger partial charge on any atom is 0.494 e. The Morgan fingerprint density at radius 2 is 1.62 bits per heavy atom. The predicted octanol–water partition coefficient (Wildman–Crippen LogP) is 1.78. The molecule has 0 atom stereocenters. The molecule has 0 aliphatic carbocycles. The van der Waals surface area contributed by atoms with Crippen LogP contribution in [0.5, 0.6) is 0 Å². The highest BCUT2D eigenvalue weighted by atomic mass is 16.7. The first-order valence-corrected chi connectivity index (χ1v) is 8.04. The maximum absolute atomic E-state index is 11.6. The van der Waals surface area contributed by atoms with Crippen LogP contribution in [0, 0.1) is 0 Å². The van der Waals surface area contributed by atoms with Crippen molar-refractivity contribution in [3.8, 4) is 0 Å². The van der Waals surface area contributed by atoms with Crippen LogP contribution >= 0.6 is 0 Å². The van der Waals surface area contributed by atoms with Crippen LogP contribution in [0.15, 0.2) is 53.5 Å². The Bertz CT molecular complexity index is 751. The van der Waals surface area contributed by atoms with Crippen LogP contribution < -0.4 is 15.9 Å². The first-order chi connectivity index (χ1) is 11.3. The summed E-state index contributed by atoms with van der Waals surface area (Å²) in [4.78, 5) is 17.1. The van der Waals surface area contributed by atoms with Crippen molar-refractivity contribution in [2.24, 2.45) is 0 Å². The third kappa shape index (κ3) is 3.25. The van der Waals surface area contributed by atoms with E-state index in [2.05, 4.69) is 0 Å².